The van der Waals surface area contributed by atoms with Crippen molar-refractivity contribution in [2.24, 2.45) is 0 Å². The highest BCUT2D eigenvalue weighted by atomic mass is 19.1. The second kappa shape index (κ2) is 14.4. The van der Waals surface area contributed by atoms with Gasteiger partial charge in [-0.05, 0) is 42.5 Å². The molecule has 0 saturated carbocycles. The van der Waals surface area contributed by atoms with Crippen LogP contribution in [0.4, 0.5) is 19.0 Å². The van der Waals surface area contributed by atoms with Crippen molar-refractivity contribution in [3.63, 3.8) is 0 Å². The van der Waals surface area contributed by atoms with Gasteiger partial charge in [-0.15, -0.1) is 6.42 Å². The summed E-state index contributed by atoms with van der Waals surface area (Å²) >= 11 is 0. The summed E-state index contributed by atoms with van der Waals surface area (Å²) in [5.74, 6) is 0.537. The summed E-state index contributed by atoms with van der Waals surface area (Å²) in [6, 6.07) is 15.9. The minimum absolute atomic E-state index is 0.00606. The van der Waals surface area contributed by atoms with Gasteiger partial charge in [-0.1, -0.05) is 42.3 Å². The molecule has 0 N–H and O–H groups in total. The molecule has 0 bridgehead atoms. The van der Waals surface area contributed by atoms with E-state index in [9.17, 15) is 14.4 Å². The van der Waals surface area contributed by atoms with E-state index in [0.29, 0.717) is 35.3 Å². The average molecular weight is 729 g/mol. The number of terminal acetylenes is 1. The number of alkyl halides is 1. The van der Waals surface area contributed by atoms with Gasteiger partial charge in [0.1, 0.15) is 24.1 Å². The van der Waals surface area contributed by atoms with Crippen LogP contribution in [0.3, 0.4) is 0 Å². The molecule has 0 radical (unpaired) electrons. The predicted molar refractivity (Wildman–Crippen MR) is 198 cm³/mol. The molecule has 13 heteroatoms. The Bertz CT molecular complexity index is 2370. The summed E-state index contributed by atoms with van der Waals surface area (Å²) in [5, 5.41) is 11.7. The SMILES string of the molecule is C#Cc1cccc2cccc(-c3ccc4c(N5CCN(C(=O)/C(F)=C/c6cnccn6)[C@@H](CC#N)C5)nc(OC[C@@]56CCCN5C[C@H](F)C6)nc4c3F)c12. The van der Waals surface area contributed by atoms with Gasteiger partial charge in [0.05, 0.1) is 36.0 Å². The number of nitrogens with zero attached hydrogens (tertiary/aromatic N) is 8. The summed E-state index contributed by atoms with van der Waals surface area (Å²) in [4.78, 5) is 36.0. The van der Waals surface area contributed by atoms with E-state index in [1.54, 1.807) is 12.1 Å². The summed E-state index contributed by atoms with van der Waals surface area (Å²) < 4.78 is 53.2. The molecule has 10 nitrogen and oxygen atoms in total. The summed E-state index contributed by atoms with van der Waals surface area (Å²) in [5.41, 5.74) is 1.19. The Labute approximate surface area is 309 Å². The Morgan fingerprint density at radius 2 is 1.93 bits per heavy atom. The molecule has 1 amide bonds. The fourth-order valence-corrected chi connectivity index (χ4v) is 8.28. The lowest BCUT2D eigenvalue weighted by molar-refractivity contribution is -0.131. The molecule has 5 heterocycles. The first-order chi connectivity index (χ1) is 26.3. The molecule has 3 atom stereocenters. The number of halogens is 3. The van der Waals surface area contributed by atoms with E-state index in [-0.39, 0.29) is 55.4 Å². The highest BCUT2D eigenvalue weighted by Gasteiger charge is 2.49. The zero-order chi connectivity index (χ0) is 37.4. The lowest BCUT2D eigenvalue weighted by Crippen LogP contribution is -2.55. The maximum absolute atomic E-state index is 17.1. The summed E-state index contributed by atoms with van der Waals surface area (Å²) in [6.07, 6.45) is 12.0. The van der Waals surface area contributed by atoms with Gasteiger partial charge in [-0.2, -0.15) is 15.2 Å². The number of nitriles is 1. The quantitative estimate of drug-likeness (QED) is 0.135. The number of rotatable bonds is 8. The van der Waals surface area contributed by atoms with E-state index < -0.39 is 35.3 Å². The first-order valence-corrected chi connectivity index (χ1v) is 17.9. The second-order valence-corrected chi connectivity index (χ2v) is 14.0. The van der Waals surface area contributed by atoms with Crippen molar-refractivity contribution in [2.45, 2.75) is 43.4 Å². The number of hydrogen-bond donors (Lipinski definition) is 0. The molecule has 5 aromatic rings. The van der Waals surface area contributed by atoms with Gasteiger partial charge in [0.15, 0.2) is 11.6 Å². The molecular formula is C41H35F3N8O2. The van der Waals surface area contributed by atoms with Gasteiger partial charge in [0.25, 0.3) is 5.91 Å². The monoisotopic (exact) mass is 728 g/mol. The van der Waals surface area contributed by atoms with E-state index in [1.165, 1.54) is 23.5 Å². The van der Waals surface area contributed by atoms with Crippen LogP contribution in [-0.4, -0.2) is 92.7 Å². The first-order valence-electron chi connectivity index (χ1n) is 17.9. The molecule has 3 fully saturated rings. The molecular weight excluding hydrogens is 693 g/mol. The third-order valence-electron chi connectivity index (χ3n) is 10.8. The second-order valence-electron chi connectivity index (χ2n) is 14.0. The van der Waals surface area contributed by atoms with Crippen LogP contribution in [0.1, 0.15) is 36.9 Å². The summed E-state index contributed by atoms with van der Waals surface area (Å²) in [6.45, 7) is 1.59. The van der Waals surface area contributed by atoms with Gasteiger partial charge in [-0.25, -0.2) is 13.2 Å². The van der Waals surface area contributed by atoms with Gasteiger partial charge < -0.3 is 14.5 Å². The van der Waals surface area contributed by atoms with E-state index in [0.717, 1.165) is 36.2 Å². The van der Waals surface area contributed by atoms with Crippen LogP contribution >= 0.6 is 0 Å². The molecule has 3 aliphatic heterocycles. The highest BCUT2D eigenvalue weighted by Crippen LogP contribution is 2.41. The number of hydrogen-bond acceptors (Lipinski definition) is 9. The Kier molecular flexibility index (Phi) is 9.34. The first kappa shape index (κ1) is 35.0. The number of carbonyl (C=O) groups excluding carboxylic acids is 1. The smallest absolute Gasteiger partial charge is 0.319 e. The third-order valence-corrected chi connectivity index (χ3v) is 10.8. The summed E-state index contributed by atoms with van der Waals surface area (Å²) in [7, 11) is 0. The van der Waals surface area contributed by atoms with E-state index in [1.807, 2.05) is 41.3 Å². The average Bonchev–Trinajstić information content (AvgIpc) is 3.72. The van der Waals surface area contributed by atoms with Crippen molar-refractivity contribution in [3.8, 4) is 35.6 Å². The predicted octanol–water partition coefficient (Wildman–Crippen LogP) is 6.26. The molecule has 8 rings (SSSR count). The van der Waals surface area contributed by atoms with Crippen molar-refractivity contribution in [1.82, 2.24) is 29.7 Å². The molecule has 272 valence electrons. The van der Waals surface area contributed by atoms with Gasteiger partial charge in [0, 0.05) is 73.0 Å². The van der Waals surface area contributed by atoms with Crippen molar-refractivity contribution in [1.29, 1.82) is 5.26 Å². The molecule has 2 aromatic heterocycles. The fourth-order valence-electron chi connectivity index (χ4n) is 8.28. The topological polar surface area (TPSA) is 111 Å². The van der Waals surface area contributed by atoms with Crippen molar-refractivity contribution in [2.75, 3.05) is 44.2 Å². The molecule has 3 aromatic carbocycles. The van der Waals surface area contributed by atoms with Gasteiger partial charge in [0.2, 0.25) is 0 Å². The molecule has 54 heavy (non-hydrogen) atoms. The van der Waals surface area contributed by atoms with Crippen LogP contribution < -0.4 is 9.64 Å². The Hall–Kier alpha value is -6.05. The standard InChI is InChI=1S/C41H35F3N8O2/c1-2-26-6-3-7-27-8-4-9-31(35(26)27)32-10-11-33-37(36(32)44)48-40(54-25-41-13-5-17-51(41)23-28(42)21-41)49-38(33)50-18-19-52(30(24-50)12-14-45)39(53)34(43)20-29-22-46-15-16-47-29/h1,3-4,6-11,15-16,20,22,28,30H,5,12-13,17-19,21,23-25H2/b34-20-/t28-,30+,41+/m1/s1. The van der Waals surface area contributed by atoms with Crippen LogP contribution in [0.25, 0.3) is 38.9 Å². The number of ether oxygens (including phenoxy) is 1. The fraction of sp³-hybridized carbons (Fsp3) is 0.317. The Morgan fingerprint density at radius 3 is 2.72 bits per heavy atom. The number of benzene rings is 3. The van der Waals surface area contributed by atoms with Crippen LogP contribution in [-0.2, 0) is 4.79 Å². The number of fused-ring (bicyclic) bond motifs is 3. The lowest BCUT2D eigenvalue weighted by Gasteiger charge is -2.41. The maximum atomic E-state index is 17.1. The van der Waals surface area contributed by atoms with E-state index in [4.69, 9.17) is 16.1 Å². The van der Waals surface area contributed by atoms with Crippen LogP contribution in [0, 0.1) is 29.5 Å². The zero-order valence-corrected chi connectivity index (χ0v) is 29.3. The Morgan fingerprint density at radius 1 is 1.07 bits per heavy atom. The normalized spacial score (nSPS) is 21.6. The van der Waals surface area contributed by atoms with E-state index >= 15 is 8.78 Å². The largest absolute Gasteiger partial charge is 0.461 e. The third kappa shape index (κ3) is 6.35. The van der Waals surface area contributed by atoms with Gasteiger partial charge in [-0.3, -0.25) is 19.7 Å². The van der Waals surface area contributed by atoms with Crippen LogP contribution in [0.5, 0.6) is 6.01 Å². The van der Waals surface area contributed by atoms with Crippen molar-refractivity contribution >= 4 is 39.5 Å². The minimum Gasteiger partial charge on any atom is -0.461 e. The highest BCUT2D eigenvalue weighted by molar-refractivity contribution is 6.03. The molecule has 0 unspecified atom stereocenters. The molecule has 0 aliphatic carbocycles. The number of amides is 1. The molecule has 3 saturated heterocycles. The number of carbonyl (C=O) groups is 1. The minimum atomic E-state index is -1.03. The number of anilines is 1. The van der Waals surface area contributed by atoms with Crippen LogP contribution in [0.15, 0.2) is 72.9 Å². The maximum Gasteiger partial charge on any atom is 0.319 e. The van der Waals surface area contributed by atoms with Crippen molar-refractivity contribution < 1.29 is 22.7 Å². The number of piperazine rings is 1. The van der Waals surface area contributed by atoms with E-state index in [2.05, 4.69) is 31.8 Å². The zero-order valence-electron chi connectivity index (χ0n) is 29.3. The van der Waals surface area contributed by atoms with Gasteiger partial charge >= 0.3 is 6.01 Å². The number of aromatic nitrogens is 4. The molecule has 3 aliphatic rings. The lowest BCUT2D eigenvalue weighted by atomic mass is 9.93. The Balaban J connectivity index is 1.19. The molecule has 0 spiro atoms. The van der Waals surface area contributed by atoms with Crippen molar-refractivity contribution in [3.05, 3.63) is 90.0 Å². The van der Waals surface area contributed by atoms with Crippen LogP contribution in [0.2, 0.25) is 0 Å².